The molecule has 18 heavy (non-hydrogen) atoms. The molecule has 0 aliphatic heterocycles. The minimum Gasteiger partial charge on any atom is -0.507 e. The number of phenols is 1. The zero-order valence-corrected chi connectivity index (χ0v) is 11.9. The quantitative estimate of drug-likeness (QED) is 0.813. The van der Waals surface area contributed by atoms with Gasteiger partial charge in [-0.15, -0.1) is 0 Å². The predicted molar refractivity (Wildman–Crippen MR) is 71.4 cm³/mol. The molecule has 1 rings (SSSR count). The van der Waals surface area contributed by atoms with E-state index in [1.165, 1.54) is 18.2 Å². The third kappa shape index (κ3) is 4.08. The minimum atomic E-state index is -3.71. The van der Waals surface area contributed by atoms with E-state index in [9.17, 15) is 17.7 Å². The molecule has 0 amide bonds. The van der Waals surface area contributed by atoms with Crippen LogP contribution in [-0.2, 0) is 20.8 Å². The Balaban J connectivity index is 2.67. The molecule has 0 aliphatic carbocycles. The number of phenolic OH excluding ortho intramolecular Hbond substituents is 1. The van der Waals surface area contributed by atoms with Crippen LogP contribution in [0.4, 0.5) is 0 Å². The number of rotatable bonds is 6. The zero-order chi connectivity index (χ0) is 13.8. The zero-order valence-electron chi connectivity index (χ0n) is 10.3. The smallest absolute Gasteiger partial charge is 0.244 e. The van der Waals surface area contributed by atoms with E-state index in [-0.39, 0.29) is 22.4 Å². The van der Waals surface area contributed by atoms with E-state index < -0.39 is 20.8 Å². The van der Waals surface area contributed by atoms with Gasteiger partial charge < -0.3 is 5.11 Å². The molecule has 0 aromatic heterocycles. The van der Waals surface area contributed by atoms with Crippen molar-refractivity contribution >= 4 is 20.8 Å². The summed E-state index contributed by atoms with van der Waals surface area (Å²) in [6.45, 7) is 1.99. The van der Waals surface area contributed by atoms with Crippen LogP contribution in [0.3, 0.4) is 0 Å². The van der Waals surface area contributed by atoms with Crippen LogP contribution in [-0.4, -0.2) is 35.8 Å². The van der Waals surface area contributed by atoms with Crippen molar-refractivity contribution in [2.45, 2.75) is 23.5 Å². The first kappa shape index (κ1) is 15.1. The van der Waals surface area contributed by atoms with Gasteiger partial charge in [0, 0.05) is 28.9 Å². The van der Waals surface area contributed by atoms with E-state index in [0.717, 1.165) is 0 Å². The Morgan fingerprint density at radius 1 is 1.39 bits per heavy atom. The van der Waals surface area contributed by atoms with Gasteiger partial charge in [-0.1, -0.05) is 19.1 Å². The molecule has 0 fully saturated rings. The Morgan fingerprint density at radius 3 is 2.56 bits per heavy atom. The fourth-order valence-electron chi connectivity index (χ4n) is 1.32. The Morgan fingerprint density at radius 2 is 2.00 bits per heavy atom. The number of para-hydroxylation sites is 1. The number of hydrogen-bond acceptors (Lipinski definition) is 4. The second-order valence-corrected chi connectivity index (χ2v) is 7.50. The van der Waals surface area contributed by atoms with Gasteiger partial charge >= 0.3 is 0 Å². The van der Waals surface area contributed by atoms with Crippen molar-refractivity contribution in [3.63, 3.8) is 0 Å². The van der Waals surface area contributed by atoms with E-state index in [1.807, 2.05) is 0 Å². The van der Waals surface area contributed by atoms with Gasteiger partial charge in [-0.25, -0.2) is 13.1 Å². The highest BCUT2D eigenvalue weighted by atomic mass is 32.2. The molecule has 2 atom stereocenters. The summed E-state index contributed by atoms with van der Waals surface area (Å²) in [5, 5.41) is 9.40. The highest BCUT2D eigenvalue weighted by Gasteiger charge is 2.18. The monoisotopic (exact) mass is 291 g/mol. The van der Waals surface area contributed by atoms with Gasteiger partial charge in [0.1, 0.15) is 10.6 Å². The van der Waals surface area contributed by atoms with Gasteiger partial charge in [0.05, 0.1) is 0 Å². The molecular weight excluding hydrogens is 274 g/mol. The fourth-order valence-corrected chi connectivity index (χ4v) is 2.92. The molecule has 0 spiro atoms. The summed E-state index contributed by atoms with van der Waals surface area (Å²) in [6.07, 6.45) is 2.07. The summed E-state index contributed by atoms with van der Waals surface area (Å²) in [7, 11) is -4.68. The Kier molecular flexibility index (Phi) is 5.30. The number of nitrogens with one attached hydrogen (secondary N) is 1. The van der Waals surface area contributed by atoms with Crippen molar-refractivity contribution in [1.29, 1.82) is 0 Å². The van der Waals surface area contributed by atoms with Crippen molar-refractivity contribution in [3.8, 4) is 5.75 Å². The first-order chi connectivity index (χ1) is 8.34. The standard InChI is InChI=1S/C11H17NO4S2/c1-9(17(2)14)7-8-12-18(15,16)11-6-4-3-5-10(11)13/h3-6,9,12-13H,7-8H2,1-2H3. The van der Waals surface area contributed by atoms with Crippen LogP contribution >= 0.6 is 0 Å². The normalized spacial score (nSPS) is 15.2. The van der Waals surface area contributed by atoms with Crippen LogP contribution in [0.1, 0.15) is 13.3 Å². The molecule has 0 radical (unpaired) electrons. The lowest BCUT2D eigenvalue weighted by Gasteiger charge is -2.10. The van der Waals surface area contributed by atoms with Crippen LogP contribution in [0.15, 0.2) is 29.2 Å². The molecule has 0 bridgehead atoms. The lowest BCUT2D eigenvalue weighted by atomic mass is 10.3. The van der Waals surface area contributed by atoms with Crippen molar-refractivity contribution in [3.05, 3.63) is 24.3 Å². The van der Waals surface area contributed by atoms with Gasteiger partial charge in [-0.05, 0) is 18.6 Å². The van der Waals surface area contributed by atoms with E-state index in [0.29, 0.717) is 6.42 Å². The molecule has 7 heteroatoms. The number of benzene rings is 1. The maximum Gasteiger partial charge on any atom is 0.244 e. The highest BCUT2D eigenvalue weighted by Crippen LogP contribution is 2.20. The van der Waals surface area contributed by atoms with Gasteiger partial charge in [0.2, 0.25) is 10.0 Å². The van der Waals surface area contributed by atoms with Gasteiger partial charge in [-0.3, -0.25) is 4.21 Å². The number of hydrogen-bond donors (Lipinski definition) is 2. The largest absolute Gasteiger partial charge is 0.507 e. The molecule has 0 heterocycles. The summed E-state index contributed by atoms with van der Waals surface area (Å²) in [5.74, 6) is -0.280. The third-order valence-corrected chi connectivity index (χ3v) is 5.44. The molecular formula is C11H17NO4S2. The van der Waals surface area contributed by atoms with Gasteiger partial charge in [0.25, 0.3) is 0 Å². The third-order valence-electron chi connectivity index (χ3n) is 2.56. The van der Waals surface area contributed by atoms with Crippen LogP contribution in [0.2, 0.25) is 0 Å². The van der Waals surface area contributed by atoms with E-state index >= 15 is 0 Å². The predicted octanol–water partition coefficient (Wildman–Crippen LogP) is 0.828. The second-order valence-electron chi connectivity index (χ2n) is 3.96. The summed E-state index contributed by atoms with van der Waals surface area (Å²) >= 11 is 0. The van der Waals surface area contributed by atoms with Crippen LogP contribution in [0.25, 0.3) is 0 Å². The summed E-state index contributed by atoms with van der Waals surface area (Å²) in [6, 6.07) is 5.74. The highest BCUT2D eigenvalue weighted by molar-refractivity contribution is 7.89. The first-order valence-corrected chi connectivity index (χ1v) is 8.55. The molecule has 5 nitrogen and oxygen atoms in total. The lowest BCUT2D eigenvalue weighted by molar-refractivity contribution is 0.458. The minimum absolute atomic E-state index is 0.0722. The van der Waals surface area contributed by atoms with Crippen molar-refractivity contribution in [2.24, 2.45) is 0 Å². The number of aromatic hydroxyl groups is 1. The van der Waals surface area contributed by atoms with Crippen molar-refractivity contribution in [2.75, 3.05) is 12.8 Å². The van der Waals surface area contributed by atoms with Crippen LogP contribution in [0, 0.1) is 0 Å². The van der Waals surface area contributed by atoms with E-state index in [2.05, 4.69) is 4.72 Å². The Hall–Kier alpha value is -0.920. The maximum absolute atomic E-state index is 11.9. The van der Waals surface area contributed by atoms with Crippen LogP contribution in [0.5, 0.6) is 5.75 Å². The molecule has 2 unspecified atom stereocenters. The summed E-state index contributed by atoms with van der Waals surface area (Å²) in [5.41, 5.74) is 0. The fraction of sp³-hybridized carbons (Fsp3) is 0.455. The molecule has 0 saturated carbocycles. The molecule has 0 aliphatic rings. The lowest BCUT2D eigenvalue weighted by Crippen LogP contribution is -2.27. The Bertz CT molecular complexity index is 528. The molecule has 102 valence electrons. The average molecular weight is 291 g/mol. The first-order valence-electron chi connectivity index (χ1n) is 5.44. The average Bonchev–Trinajstić information content (AvgIpc) is 2.28. The van der Waals surface area contributed by atoms with Gasteiger partial charge in [-0.2, -0.15) is 0 Å². The maximum atomic E-state index is 11.9. The number of sulfonamides is 1. The van der Waals surface area contributed by atoms with E-state index in [1.54, 1.807) is 19.2 Å². The summed E-state index contributed by atoms with van der Waals surface area (Å²) in [4.78, 5) is -0.143. The van der Waals surface area contributed by atoms with Crippen molar-refractivity contribution in [1.82, 2.24) is 4.72 Å². The molecule has 0 saturated heterocycles. The van der Waals surface area contributed by atoms with Crippen LogP contribution < -0.4 is 4.72 Å². The SMILES string of the molecule is CC(CCNS(=O)(=O)c1ccccc1O)S(C)=O. The molecule has 1 aromatic rings. The van der Waals surface area contributed by atoms with E-state index in [4.69, 9.17) is 0 Å². The Labute approximate surface area is 110 Å². The second kappa shape index (κ2) is 6.31. The summed E-state index contributed by atoms with van der Waals surface area (Å²) < 4.78 is 37.2. The topological polar surface area (TPSA) is 83.5 Å². The van der Waals surface area contributed by atoms with Gasteiger partial charge in [0.15, 0.2) is 0 Å². The molecule has 1 aromatic carbocycles. The van der Waals surface area contributed by atoms with Crippen molar-refractivity contribution < 1.29 is 17.7 Å². The molecule has 2 N–H and O–H groups in total.